The number of amides is 1. The summed E-state index contributed by atoms with van der Waals surface area (Å²) >= 11 is 0. The Labute approximate surface area is 291 Å². The van der Waals surface area contributed by atoms with Gasteiger partial charge in [-0.05, 0) is 61.2 Å². The van der Waals surface area contributed by atoms with Crippen LogP contribution in [-0.4, -0.2) is 50.2 Å². The Morgan fingerprint density at radius 3 is 2.34 bits per heavy atom. The Balaban J connectivity index is 0.00000332. The van der Waals surface area contributed by atoms with Crippen molar-refractivity contribution in [2.75, 3.05) is 17.2 Å². The minimum atomic E-state index is -1.03. The summed E-state index contributed by atoms with van der Waals surface area (Å²) in [6, 6.07) is 12.5. The van der Waals surface area contributed by atoms with Gasteiger partial charge < -0.3 is 30.6 Å². The third kappa shape index (κ3) is 10.0. The molecule has 1 amide bonds. The number of aromatic nitrogens is 3. The second-order valence-corrected chi connectivity index (χ2v) is 12.9. The minimum Gasteiger partial charge on any atom is -0.489 e. The zero-order chi connectivity index (χ0) is 37.4. The molecule has 13 heteroatoms. The summed E-state index contributed by atoms with van der Waals surface area (Å²) in [5.74, 6) is -1.39. The molecule has 0 radical (unpaired) electrons. The van der Waals surface area contributed by atoms with Crippen molar-refractivity contribution in [2.45, 2.75) is 73.0 Å². The highest BCUT2D eigenvalue weighted by Crippen LogP contribution is 2.32. The van der Waals surface area contributed by atoms with Gasteiger partial charge in [0, 0.05) is 42.6 Å². The van der Waals surface area contributed by atoms with Crippen molar-refractivity contribution in [1.29, 1.82) is 5.41 Å². The van der Waals surface area contributed by atoms with Gasteiger partial charge >= 0.3 is 5.97 Å². The molecule has 2 heterocycles. The number of carbonyl (C=O) groups is 2. The molecule has 2 aromatic heterocycles. The van der Waals surface area contributed by atoms with Crippen molar-refractivity contribution >= 4 is 35.3 Å². The Hall–Kier alpha value is -5.43. The maximum absolute atomic E-state index is 15.4. The summed E-state index contributed by atoms with van der Waals surface area (Å²) in [7, 11) is 1.47. The molecule has 0 aliphatic heterocycles. The number of aryl methyl sites for hydroxylation is 1. The summed E-state index contributed by atoms with van der Waals surface area (Å²) in [6.45, 7) is 14.0. The van der Waals surface area contributed by atoms with Crippen molar-refractivity contribution in [2.24, 2.45) is 7.05 Å². The lowest BCUT2D eigenvalue weighted by Gasteiger charge is -2.21. The number of hydrogen-bond donors (Lipinski definition) is 4. The fourth-order valence-corrected chi connectivity index (χ4v) is 4.64. The number of aliphatic hydroxyl groups is 1. The second kappa shape index (κ2) is 16.3. The lowest BCUT2D eigenvalue weighted by molar-refractivity contribution is -0.142. The number of anilines is 3. The van der Waals surface area contributed by atoms with Crippen molar-refractivity contribution in [3.63, 3.8) is 0 Å². The smallest absolute Gasteiger partial charge is 0.302 e. The van der Waals surface area contributed by atoms with Gasteiger partial charge in [-0.25, -0.2) is 14.1 Å². The molecule has 0 fully saturated rings. The van der Waals surface area contributed by atoms with Crippen LogP contribution in [-0.2, 0) is 28.6 Å². The number of rotatable bonds is 11. The van der Waals surface area contributed by atoms with Gasteiger partial charge in [-0.15, -0.1) is 0 Å². The number of nitrogens with zero attached hydrogens (tertiary/aromatic N) is 3. The van der Waals surface area contributed by atoms with Crippen LogP contribution in [0, 0.1) is 11.2 Å². The van der Waals surface area contributed by atoms with E-state index in [1.807, 2.05) is 34.6 Å². The minimum absolute atomic E-state index is 0.0627. The molecule has 0 bridgehead atoms. The molecule has 12 nitrogen and oxygen atoms in total. The topological polar surface area (TPSA) is 169 Å². The summed E-state index contributed by atoms with van der Waals surface area (Å²) < 4.78 is 27.4. The fraction of sp³-hybridized carbons (Fsp3) is 0.351. The van der Waals surface area contributed by atoms with Gasteiger partial charge in [0.05, 0.1) is 23.1 Å². The van der Waals surface area contributed by atoms with Crippen LogP contribution in [0.25, 0.3) is 11.3 Å². The molecule has 0 saturated carbocycles. The molecule has 0 spiro atoms. The zero-order valence-corrected chi connectivity index (χ0v) is 29.9. The Bertz CT molecular complexity index is 1910. The van der Waals surface area contributed by atoms with E-state index in [2.05, 4.69) is 20.7 Å². The van der Waals surface area contributed by atoms with Crippen LogP contribution in [0.1, 0.15) is 82.4 Å². The first kappa shape index (κ1) is 39.0. The quantitative estimate of drug-likeness (QED) is 0.101. The molecule has 0 aliphatic carbocycles. The van der Waals surface area contributed by atoms with Gasteiger partial charge in [-0.2, -0.15) is 5.10 Å². The normalized spacial score (nSPS) is 11.2. The van der Waals surface area contributed by atoms with Crippen LogP contribution >= 0.6 is 0 Å². The van der Waals surface area contributed by atoms with E-state index >= 15 is 4.39 Å². The molecule has 4 aromatic rings. The highest BCUT2D eigenvalue weighted by molar-refractivity contribution is 6.10. The van der Waals surface area contributed by atoms with Gasteiger partial charge in [-0.3, -0.25) is 14.4 Å². The number of benzene rings is 2. The average molecular weight is 689 g/mol. The molecule has 4 rings (SSSR count). The molecule has 0 unspecified atom stereocenters. The van der Waals surface area contributed by atoms with E-state index in [1.54, 1.807) is 50.2 Å². The van der Waals surface area contributed by atoms with Crippen LogP contribution < -0.4 is 20.9 Å². The molecule has 0 aliphatic rings. The molecule has 0 atom stereocenters. The molecule has 4 N–H and O–H groups in total. The lowest BCUT2D eigenvalue weighted by Crippen LogP contribution is -2.27. The van der Waals surface area contributed by atoms with E-state index in [0.29, 0.717) is 34.0 Å². The number of esters is 1. The van der Waals surface area contributed by atoms with E-state index in [4.69, 9.17) is 14.9 Å². The van der Waals surface area contributed by atoms with Gasteiger partial charge in [0.1, 0.15) is 36.3 Å². The first-order valence-electron chi connectivity index (χ1n) is 16.0. The first-order valence-corrected chi connectivity index (χ1v) is 16.0. The van der Waals surface area contributed by atoms with Gasteiger partial charge in [0.25, 0.3) is 11.5 Å². The predicted octanol–water partition coefficient (Wildman–Crippen LogP) is 6.51. The monoisotopic (exact) mass is 688 g/mol. The molecule has 0 saturated heterocycles. The molecule has 266 valence electrons. The Morgan fingerprint density at radius 2 is 1.76 bits per heavy atom. The zero-order valence-electron chi connectivity index (χ0n) is 29.9. The third-order valence-corrected chi connectivity index (χ3v) is 7.14. The molecular weight excluding hydrogens is 643 g/mol. The van der Waals surface area contributed by atoms with E-state index in [9.17, 15) is 19.5 Å². The molecular formula is C37H45FN6O6. The standard InChI is InChI=1S/C35H39FN6O6.C2H6/c1-20(43)47-18-25-24(9-8-10-27(25)40-32(44)31-21(16-37)13-22(14-26(31)36)34(2,3)4)28-15-29(33(45)42(7)41-28)39-30-12-11-23(17-38-30)48-19-35(5,6)46;1-2/h8-17,37,46H,18-19H2,1-7H3,(H,38,39)(H,40,44);1-2H3. The summed E-state index contributed by atoms with van der Waals surface area (Å²) in [6.07, 6.45) is 2.38. The van der Waals surface area contributed by atoms with Crippen LogP contribution in [0.2, 0.25) is 0 Å². The number of halogens is 1. The van der Waals surface area contributed by atoms with Crippen LogP contribution in [0.3, 0.4) is 0 Å². The Kier molecular flexibility index (Phi) is 12.7. The van der Waals surface area contributed by atoms with Crippen molar-refractivity contribution in [3.8, 4) is 17.0 Å². The summed E-state index contributed by atoms with van der Waals surface area (Å²) in [5.41, 5.74) is -0.0710. The molecule has 50 heavy (non-hydrogen) atoms. The molecule has 2 aromatic carbocycles. The highest BCUT2D eigenvalue weighted by Gasteiger charge is 2.24. The van der Waals surface area contributed by atoms with Crippen LogP contribution in [0.5, 0.6) is 5.75 Å². The number of ether oxygens (including phenoxy) is 2. The van der Waals surface area contributed by atoms with Crippen molar-refractivity contribution in [3.05, 3.63) is 93.2 Å². The number of hydrogen-bond acceptors (Lipinski definition) is 10. The van der Waals surface area contributed by atoms with Crippen LogP contribution in [0.4, 0.5) is 21.6 Å². The predicted molar refractivity (Wildman–Crippen MR) is 192 cm³/mol. The van der Waals surface area contributed by atoms with Gasteiger partial charge in [0.15, 0.2) is 0 Å². The van der Waals surface area contributed by atoms with Crippen LogP contribution in [0.15, 0.2) is 59.5 Å². The largest absolute Gasteiger partial charge is 0.489 e. The Morgan fingerprint density at radius 1 is 1.06 bits per heavy atom. The summed E-state index contributed by atoms with van der Waals surface area (Å²) in [5, 5.41) is 27.9. The van der Waals surface area contributed by atoms with E-state index in [0.717, 1.165) is 10.9 Å². The third-order valence-electron chi connectivity index (χ3n) is 7.14. The van der Waals surface area contributed by atoms with E-state index < -0.39 is 34.3 Å². The van der Waals surface area contributed by atoms with E-state index in [1.165, 1.54) is 32.3 Å². The SMILES string of the molecule is CC.CC(=O)OCc1c(NC(=O)c2c(F)cc(C(C)(C)C)cc2C=N)cccc1-c1cc(Nc2ccc(OCC(C)(C)O)cn2)c(=O)n(C)n1. The fourth-order valence-electron chi connectivity index (χ4n) is 4.64. The average Bonchev–Trinajstić information content (AvgIpc) is 3.05. The maximum Gasteiger partial charge on any atom is 0.302 e. The van der Waals surface area contributed by atoms with Gasteiger partial charge in [-0.1, -0.05) is 46.8 Å². The number of pyridine rings is 1. The second-order valence-electron chi connectivity index (χ2n) is 12.9. The van der Waals surface area contributed by atoms with Gasteiger partial charge in [0.2, 0.25) is 0 Å². The summed E-state index contributed by atoms with van der Waals surface area (Å²) in [4.78, 5) is 42.7. The van der Waals surface area contributed by atoms with Crippen molar-refractivity contribution in [1.82, 2.24) is 14.8 Å². The van der Waals surface area contributed by atoms with Crippen molar-refractivity contribution < 1.29 is 28.6 Å². The lowest BCUT2D eigenvalue weighted by atomic mass is 9.85. The number of nitrogens with one attached hydrogen (secondary N) is 3. The number of carbonyl (C=O) groups excluding carboxylic acids is 2. The maximum atomic E-state index is 15.4. The highest BCUT2D eigenvalue weighted by atomic mass is 19.1. The first-order chi connectivity index (χ1) is 23.5. The van der Waals surface area contributed by atoms with E-state index in [-0.39, 0.29) is 35.7 Å².